The minimum absolute atomic E-state index is 0.0167. The largest absolute Gasteiger partial charge is 0.493 e. The molecular formula is C30H32N2O4. The standard InChI is InChI=1S/C30H32N2O4/c1-4-14-36-29-13-12-23(22-9-7-8-21(15-22)20(2)34)17-27(29)30(35)31-25(19-33)16-24-18-32(3)28-11-6-5-10-26(24)28/h5-13,15,17-18,25,33H,4,14,16,19H2,1-3H3,(H,31,35)/t25-/m1/s1. The molecule has 1 amide bonds. The van der Waals surface area contributed by atoms with Gasteiger partial charge < -0.3 is 19.7 Å². The fourth-order valence-electron chi connectivity index (χ4n) is 4.42. The zero-order chi connectivity index (χ0) is 25.7. The Labute approximate surface area is 211 Å². The molecule has 0 saturated heterocycles. The molecular weight excluding hydrogens is 452 g/mol. The number of rotatable bonds is 10. The maximum Gasteiger partial charge on any atom is 0.255 e. The number of Topliss-reactive ketones (excluding diaryl/α,β-unsaturated/α-hetero) is 1. The predicted molar refractivity (Wildman–Crippen MR) is 143 cm³/mol. The molecule has 3 aromatic carbocycles. The lowest BCUT2D eigenvalue weighted by molar-refractivity contribution is 0.0912. The van der Waals surface area contributed by atoms with Crippen molar-refractivity contribution in [2.45, 2.75) is 32.7 Å². The van der Waals surface area contributed by atoms with Crippen molar-refractivity contribution in [2.75, 3.05) is 13.2 Å². The number of benzene rings is 3. The average Bonchev–Trinajstić information content (AvgIpc) is 3.22. The maximum absolute atomic E-state index is 13.5. The van der Waals surface area contributed by atoms with E-state index in [4.69, 9.17) is 4.74 Å². The maximum atomic E-state index is 13.5. The van der Waals surface area contributed by atoms with Crippen molar-refractivity contribution in [3.8, 4) is 16.9 Å². The van der Waals surface area contributed by atoms with Crippen LogP contribution in [0.2, 0.25) is 0 Å². The third-order valence-electron chi connectivity index (χ3n) is 6.29. The molecule has 0 bridgehead atoms. The van der Waals surface area contributed by atoms with E-state index in [1.54, 1.807) is 18.2 Å². The van der Waals surface area contributed by atoms with E-state index >= 15 is 0 Å². The lowest BCUT2D eigenvalue weighted by atomic mass is 9.99. The van der Waals surface area contributed by atoms with Gasteiger partial charge in [0.2, 0.25) is 0 Å². The molecule has 6 nitrogen and oxygen atoms in total. The van der Waals surface area contributed by atoms with Crippen LogP contribution in [0, 0.1) is 0 Å². The van der Waals surface area contributed by atoms with Gasteiger partial charge >= 0.3 is 0 Å². The second-order valence-electron chi connectivity index (χ2n) is 9.04. The Kier molecular flexibility index (Phi) is 7.86. The van der Waals surface area contributed by atoms with Crippen molar-refractivity contribution in [1.29, 1.82) is 0 Å². The number of fused-ring (bicyclic) bond motifs is 1. The third-order valence-corrected chi connectivity index (χ3v) is 6.29. The number of ketones is 1. The smallest absolute Gasteiger partial charge is 0.255 e. The van der Waals surface area contributed by atoms with E-state index in [1.807, 2.05) is 56.6 Å². The Bertz CT molecular complexity index is 1390. The molecule has 1 heterocycles. The number of aliphatic hydroxyl groups excluding tert-OH is 1. The number of hydrogen-bond acceptors (Lipinski definition) is 4. The monoisotopic (exact) mass is 484 g/mol. The zero-order valence-corrected chi connectivity index (χ0v) is 21.0. The van der Waals surface area contributed by atoms with Crippen LogP contribution in [0.4, 0.5) is 0 Å². The number of carbonyl (C=O) groups excluding carboxylic acids is 2. The van der Waals surface area contributed by atoms with Crippen molar-refractivity contribution < 1.29 is 19.4 Å². The normalized spacial score (nSPS) is 11.9. The molecule has 0 radical (unpaired) electrons. The second-order valence-corrected chi connectivity index (χ2v) is 9.04. The third kappa shape index (κ3) is 5.50. The Morgan fingerprint density at radius 1 is 1.03 bits per heavy atom. The molecule has 4 aromatic rings. The molecule has 1 aromatic heterocycles. The summed E-state index contributed by atoms with van der Waals surface area (Å²) < 4.78 is 7.93. The molecule has 36 heavy (non-hydrogen) atoms. The lowest BCUT2D eigenvalue weighted by Crippen LogP contribution is -2.39. The van der Waals surface area contributed by atoms with E-state index in [2.05, 4.69) is 22.0 Å². The Hall–Kier alpha value is -3.90. The van der Waals surface area contributed by atoms with Gasteiger partial charge in [0.05, 0.1) is 24.8 Å². The minimum Gasteiger partial charge on any atom is -0.493 e. The van der Waals surface area contributed by atoms with Crippen LogP contribution in [-0.2, 0) is 13.5 Å². The number of nitrogens with zero attached hydrogens (tertiary/aromatic N) is 1. The highest BCUT2D eigenvalue weighted by atomic mass is 16.5. The molecule has 2 N–H and O–H groups in total. The van der Waals surface area contributed by atoms with Crippen LogP contribution >= 0.6 is 0 Å². The number of ether oxygens (including phenoxy) is 1. The van der Waals surface area contributed by atoms with Crippen LogP contribution in [0.5, 0.6) is 5.75 Å². The highest BCUT2D eigenvalue weighted by molar-refractivity contribution is 5.99. The SMILES string of the molecule is CCCOc1ccc(-c2cccc(C(C)=O)c2)cc1C(=O)N[C@@H](CO)Cc1cn(C)c2ccccc12. The summed E-state index contributed by atoms with van der Waals surface area (Å²) >= 11 is 0. The zero-order valence-electron chi connectivity index (χ0n) is 21.0. The van der Waals surface area contributed by atoms with Gasteiger partial charge in [-0.1, -0.05) is 49.4 Å². The highest BCUT2D eigenvalue weighted by Crippen LogP contribution is 2.28. The first-order chi connectivity index (χ1) is 17.4. The molecule has 0 spiro atoms. The summed E-state index contributed by atoms with van der Waals surface area (Å²) in [5.41, 5.74) is 4.82. The van der Waals surface area contributed by atoms with Crippen LogP contribution in [0.15, 0.2) is 72.9 Å². The fourth-order valence-corrected chi connectivity index (χ4v) is 4.42. The first kappa shape index (κ1) is 25.2. The van der Waals surface area contributed by atoms with E-state index in [0.717, 1.165) is 34.0 Å². The molecule has 0 aliphatic carbocycles. The number of nitrogens with one attached hydrogen (secondary N) is 1. The molecule has 0 unspecified atom stereocenters. The van der Waals surface area contributed by atoms with Gasteiger partial charge in [0.25, 0.3) is 5.91 Å². The minimum atomic E-state index is -0.466. The van der Waals surface area contributed by atoms with Crippen molar-refractivity contribution in [1.82, 2.24) is 9.88 Å². The van der Waals surface area contributed by atoms with Gasteiger partial charge in [-0.2, -0.15) is 0 Å². The Balaban J connectivity index is 1.62. The Morgan fingerprint density at radius 2 is 1.81 bits per heavy atom. The van der Waals surface area contributed by atoms with Gasteiger partial charge in [0, 0.05) is 29.7 Å². The van der Waals surface area contributed by atoms with Crippen LogP contribution in [0.25, 0.3) is 22.0 Å². The molecule has 0 aliphatic heterocycles. The first-order valence-corrected chi connectivity index (χ1v) is 12.2. The molecule has 4 rings (SSSR count). The van der Waals surface area contributed by atoms with Gasteiger partial charge in [0.1, 0.15) is 5.75 Å². The molecule has 0 fully saturated rings. The van der Waals surface area contributed by atoms with Crippen LogP contribution in [0.3, 0.4) is 0 Å². The topological polar surface area (TPSA) is 80.6 Å². The summed E-state index contributed by atoms with van der Waals surface area (Å²) in [6, 6.07) is 20.4. The number of aliphatic hydroxyl groups is 1. The number of aryl methyl sites for hydroxylation is 1. The first-order valence-electron chi connectivity index (χ1n) is 12.2. The van der Waals surface area contributed by atoms with Gasteiger partial charge in [0.15, 0.2) is 5.78 Å². The van der Waals surface area contributed by atoms with E-state index in [0.29, 0.717) is 29.9 Å². The molecule has 1 atom stereocenters. The van der Waals surface area contributed by atoms with Crippen molar-refractivity contribution in [3.05, 3.63) is 89.6 Å². The summed E-state index contributed by atoms with van der Waals surface area (Å²) in [5.74, 6) is 0.157. The highest BCUT2D eigenvalue weighted by Gasteiger charge is 2.20. The molecule has 0 aliphatic rings. The summed E-state index contributed by atoms with van der Waals surface area (Å²) in [7, 11) is 1.99. The summed E-state index contributed by atoms with van der Waals surface area (Å²) in [5, 5.41) is 14.2. The van der Waals surface area contributed by atoms with E-state index < -0.39 is 6.04 Å². The van der Waals surface area contributed by atoms with E-state index in [9.17, 15) is 14.7 Å². The number of para-hydroxylation sites is 1. The quantitative estimate of drug-likeness (QED) is 0.304. The number of amides is 1. The average molecular weight is 485 g/mol. The second kappa shape index (κ2) is 11.2. The molecule has 186 valence electrons. The van der Waals surface area contributed by atoms with Crippen LogP contribution in [-0.4, -0.2) is 40.6 Å². The summed E-state index contributed by atoms with van der Waals surface area (Å²) in [6.07, 6.45) is 3.34. The van der Waals surface area contributed by atoms with Gasteiger partial charge in [-0.05, 0) is 60.7 Å². The number of hydrogen-bond donors (Lipinski definition) is 2. The predicted octanol–water partition coefficient (Wildman–Crippen LogP) is 5.17. The van der Waals surface area contributed by atoms with Crippen molar-refractivity contribution in [3.63, 3.8) is 0 Å². The lowest BCUT2D eigenvalue weighted by Gasteiger charge is -2.18. The Morgan fingerprint density at radius 3 is 2.56 bits per heavy atom. The molecule has 6 heteroatoms. The van der Waals surface area contributed by atoms with Gasteiger partial charge in [-0.25, -0.2) is 0 Å². The van der Waals surface area contributed by atoms with Gasteiger partial charge in [-0.15, -0.1) is 0 Å². The van der Waals surface area contributed by atoms with E-state index in [-0.39, 0.29) is 18.3 Å². The summed E-state index contributed by atoms with van der Waals surface area (Å²) in [4.78, 5) is 25.3. The van der Waals surface area contributed by atoms with Crippen molar-refractivity contribution in [2.24, 2.45) is 7.05 Å². The number of aromatic nitrogens is 1. The van der Waals surface area contributed by atoms with Crippen molar-refractivity contribution >= 4 is 22.6 Å². The van der Waals surface area contributed by atoms with Gasteiger partial charge in [-0.3, -0.25) is 9.59 Å². The fraction of sp³-hybridized carbons (Fsp3) is 0.267. The van der Waals surface area contributed by atoms with Crippen LogP contribution < -0.4 is 10.1 Å². The van der Waals surface area contributed by atoms with Crippen LogP contribution in [0.1, 0.15) is 46.5 Å². The molecule has 0 saturated carbocycles. The van der Waals surface area contributed by atoms with E-state index in [1.165, 1.54) is 6.92 Å². The summed E-state index contributed by atoms with van der Waals surface area (Å²) in [6.45, 7) is 3.83. The number of carbonyl (C=O) groups is 2.